The van der Waals surface area contributed by atoms with E-state index < -0.39 is 74.2 Å². The maximum atomic E-state index is 13.0. The van der Waals surface area contributed by atoms with E-state index in [1.807, 2.05) is 0 Å². The molecule has 54 heavy (non-hydrogen) atoms. The zero-order valence-electron chi connectivity index (χ0n) is 34.2. The topological polar surface area (TPSA) is 189 Å². The number of rotatable bonds is 36. The number of aliphatic hydroxyl groups is 7. The van der Waals surface area contributed by atoms with Gasteiger partial charge in [-0.15, -0.1) is 0 Å². The Balaban J connectivity index is 2.47. The molecule has 0 radical (unpaired) electrons. The zero-order valence-corrected chi connectivity index (χ0v) is 34.2. The highest BCUT2D eigenvalue weighted by atomic mass is 16.7. The molecule has 0 bridgehead atoms. The molecule has 9 unspecified atom stereocenters. The van der Waals surface area contributed by atoms with Crippen LogP contribution in [0.1, 0.15) is 187 Å². The highest BCUT2D eigenvalue weighted by Crippen LogP contribution is 2.23. The van der Waals surface area contributed by atoms with E-state index in [1.54, 1.807) is 0 Å². The molecule has 11 nitrogen and oxygen atoms in total. The molecule has 1 amide bonds. The van der Waals surface area contributed by atoms with Crippen LogP contribution in [0.2, 0.25) is 0 Å². The summed E-state index contributed by atoms with van der Waals surface area (Å²) in [6.07, 6.45) is 22.7. The zero-order chi connectivity index (χ0) is 39.8. The van der Waals surface area contributed by atoms with Gasteiger partial charge < -0.3 is 50.5 Å². The first kappa shape index (κ1) is 50.9. The number of ether oxygens (including phenoxy) is 2. The van der Waals surface area contributed by atoms with Gasteiger partial charge in [-0.1, -0.05) is 167 Å². The molecule has 320 valence electrons. The van der Waals surface area contributed by atoms with Crippen molar-refractivity contribution in [2.45, 2.75) is 242 Å². The molecule has 0 aromatic rings. The van der Waals surface area contributed by atoms with Crippen LogP contribution in [0.25, 0.3) is 0 Å². The number of nitrogens with one attached hydrogen (secondary N) is 1. The molecule has 0 spiro atoms. The molecule has 11 heteroatoms. The fourth-order valence-electron chi connectivity index (χ4n) is 7.07. The summed E-state index contributed by atoms with van der Waals surface area (Å²) in [5.74, 6) is -0.708. The molecular formula is C43H83NO10. The van der Waals surface area contributed by atoms with Gasteiger partial charge in [0.2, 0.25) is 5.91 Å². The Morgan fingerprint density at radius 1 is 0.630 bits per heavy atom. The number of hydrogen-bond acceptors (Lipinski definition) is 10. The van der Waals surface area contributed by atoms with Gasteiger partial charge in [0.05, 0.1) is 25.4 Å². The first-order valence-corrected chi connectivity index (χ1v) is 22.1. The Hall–Kier alpha value is -1.15. The fourth-order valence-corrected chi connectivity index (χ4v) is 7.07. The number of aliphatic hydroxyl groups excluding tert-OH is 7. The number of amides is 1. The smallest absolute Gasteiger partial charge is 0.249 e. The van der Waals surface area contributed by atoms with Crippen molar-refractivity contribution in [3.05, 3.63) is 12.2 Å². The Labute approximate surface area is 328 Å². The molecule has 1 aliphatic heterocycles. The quantitative estimate of drug-likeness (QED) is 0.0258. The van der Waals surface area contributed by atoms with E-state index in [2.05, 4.69) is 31.3 Å². The predicted octanol–water partition coefficient (Wildman–Crippen LogP) is 6.50. The van der Waals surface area contributed by atoms with Crippen LogP contribution in [0.15, 0.2) is 12.2 Å². The van der Waals surface area contributed by atoms with Crippen molar-refractivity contribution in [2.24, 2.45) is 0 Å². The Morgan fingerprint density at radius 3 is 1.61 bits per heavy atom. The van der Waals surface area contributed by atoms with Crippen molar-refractivity contribution in [2.75, 3.05) is 13.2 Å². The van der Waals surface area contributed by atoms with Crippen molar-refractivity contribution in [1.82, 2.24) is 5.32 Å². The van der Waals surface area contributed by atoms with Crippen molar-refractivity contribution < 1.29 is 50.0 Å². The summed E-state index contributed by atoms with van der Waals surface area (Å²) < 4.78 is 11.1. The number of unbranched alkanes of at least 4 members (excludes halogenated alkanes) is 22. The van der Waals surface area contributed by atoms with Crippen molar-refractivity contribution in [3.63, 3.8) is 0 Å². The summed E-state index contributed by atoms with van der Waals surface area (Å²) in [5.41, 5.74) is 0. The Kier molecular flexibility index (Phi) is 32.0. The summed E-state index contributed by atoms with van der Waals surface area (Å²) in [6.45, 7) is 3.38. The van der Waals surface area contributed by atoms with E-state index in [9.17, 15) is 40.5 Å². The lowest BCUT2D eigenvalue weighted by Gasteiger charge is -2.40. The van der Waals surface area contributed by atoms with E-state index in [1.165, 1.54) is 96.3 Å². The number of carbonyl (C=O) groups excluding carboxylic acids is 1. The average Bonchev–Trinajstić information content (AvgIpc) is 3.17. The van der Waals surface area contributed by atoms with E-state index in [4.69, 9.17) is 9.47 Å². The van der Waals surface area contributed by atoms with E-state index in [0.29, 0.717) is 19.3 Å². The minimum atomic E-state index is -1.66. The molecule has 1 aliphatic rings. The summed E-state index contributed by atoms with van der Waals surface area (Å²) in [6, 6.07) is -1.17. The average molecular weight is 774 g/mol. The van der Waals surface area contributed by atoms with Gasteiger partial charge in [-0.2, -0.15) is 0 Å². The molecule has 1 rings (SSSR count). The SMILES string of the molecule is CCCC/C=C\CCCCCCC(O)C(=O)NC(COC1OC(CO)C(O)C(O)C1O)C(O)C(O)CCCCCCCCCCCCCCCCCCC. The molecule has 0 aliphatic carbocycles. The highest BCUT2D eigenvalue weighted by molar-refractivity contribution is 5.80. The van der Waals surface area contributed by atoms with Gasteiger partial charge >= 0.3 is 0 Å². The first-order chi connectivity index (χ1) is 26.2. The summed E-state index contributed by atoms with van der Waals surface area (Å²) in [4.78, 5) is 13.0. The second-order valence-corrected chi connectivity index (χ2v) is 15.8. The lowest BCUT2D eigenvalue weighted by Crippen LogP contribution is -2.60. The highest BCUT2D eigenvalue weighted by Gasteiger charge is 2.44. The number of allylic oxidation sites excluding steroid dienone is 2. The third-order valence-electron chi connectivity index (χ3n) is 10.8. The van der Waals surface area contributed by atoms with Crippen LogP contribution >= 0.6 is 0 Å². The molecule has 0 aromatic heterocycles. The van der Waals surface area contributed by atoms with Gasteiger partial charge in [0.25, 0.3) is 0 Å². The second-order valence-electron chi connectivity index (χ2n) is 15.8. The lowest BCUT2D eigenvalue weighted by atomic mass is 9.98. The van der Waals surface area contributed by atoms with Crippen molar-refractivity contribution in [1.29, 1.82) is 0 Å². The molecule has 9 atom stereocenters. The van der Waals surface area contributed by atoms with Crippen LogP contribution in [0.5, 0.6) is 0 Å². The normalized spacial score (nSPS) is 22.7. The summed E-state index contributed by atoms with van der Waals surface area (Å²) in [7, 11) is 0. The molecule has 1 saturated heterocycles. The molecule has 0 saturated carbocycles. The van der Waals surface area contributed by atoms with Crippen LogP contribution in [0, 0.1) is 0 Å². The summed E-state index contributed by atoms with van der Waals surface area (Å²) in [5, 5.41) is 75.4. The van der Waals surface area contributed by atoms with Crippen LogP contribution in [0.4, 0.5) is 0 Å². The first-order valence-electron chi connectivity index (χ1n) is 22.1. The Bertz CT molecular complexity index is 892. The van der Waals surface area contributed by atoms with Crippen LogP contribution in [-0.4, -0.2) is 110 Å². The third kappa shape index (κ3) is 23.8. The van der Waals surface area contributed by atoms with Gasteiger partial charge in [0.1, 0.15) is 36.6 Å². The third-order valence-corrected chi connectivity index (χ3v) is 10.8. The van der Waals surface area contributed by atoms with Gasteiger partial charge in [0, 0.05) is 0 Å². The molecule has 8 N–H and O–H groups in total. The fraction of sp³-hybridized carbons (Fsp3) is 0.930. The van der Waals surface area contributed by atoms with E-state index in [0.717, 1.165) is 51.4 Å². The number of hydrogen-bond donors (Lipinski definition) is 8. The van der Waals surface area contributed by atoms with Crippen LogP contribution < -0.4 is 5.32 Å². The second kappa shape index (κ2) is 33.9. The Morgan fingerprint density at radius 2 is 1.09 bits per heavy atom. The maximum absolute atomic E-state index is 13.0. The van der Waals surface area contributed by atoms with Crippen LogP contribution in [0.3, 0.4) is 0 Å². The van der Waals surface area contributed by atoms with Gasteiger partial charge in [-0.05, 0) is 32.1 Å². The van der Waals surface area contributed by atoms with Crippen molar-refractivity contribution >= 4 is 5.91 Å². The molecule has 0 aromatic carbocycles. The molecule has 1 heterocycles. The van der Waals surface area contributed by atoms with Gasteiger partial charge in [-0.25, -0.2) is 0 Å². The minimum Gasteiger partial charge on any atom is -0.394 e. The van der Waals surface area contributed by atoms with E-state index >= 15 is 0 Å². The standard InChI is InChI=1S/C43H83NO10/c1-3-5-7-9-11-13-15-16-17-18-19-20-21-23-24-26-28-30-35(46)38(48)34(33-53-43-41(51)40(50)39(49)37(32-45)54-43)44-42(52)36(47)31-29-27-25-22-14-12-10-8-6-4-2/h10,12,34-41,43,45-51H,3-9,11,13-33H2,1-2H3,(H,44,52)/b12-10-. The van der Waals surface area contributed by atoms with Gasteiger partial charge in [-0.3, -0.25) is 4.79 Å². The maximum Gasteiger partial charge on any atom is 0.249 e. The molecular weight excluding hydrogens is 690 g/mol. The van der Waals surface area contributed by atoms with Gasteiger partial charge in [0.15, 0.2) is 6.29 Å². The largest absolute Gasteiger partial charge is 0.394 e. The number of carbonyl (C=O) groups is 1. The van der Waals surface area contributed by atoms with Crippen LogP contribution in [-0.2, 0) is 14.3 Å². The summed E-state index contributed by atoms with van der Waals surface area (Å²) >= 11 is 0. The minimum absolute atomic E-state index is 0.246. The lowest BCUT2D eigenvalue weighted by molar-refractivity contribution is -0.303. The van der Waals surface area contributed by atoms with E-state index in [-0.39, 0.29) is 6.42 Å². The molecule has 1 fully saturated rings. The monoisotopic (exact) mass is 774 g/mol. The van der Waals surface area contributed by atoms with Crippen molar-refractivity contribution in [3.8, 4) is 0 Å². The predicted molar refractivity (Wildman–Crippen MR) is 215 cm³/mol.